The van der Waals surface area contributed by atoms with Gasteiger partial charge in [-0.2, -0.15) is 0 Å². The van der Waals surface area contributed by atoms with Crippen LogP contribution in [0.25, 0.3) is 0 Å². The van der Waals surface area contributed by atoms with Crippen molar-refractivity contribution in [3.63, 3.8) is 0 Å². The normalized spacial score (nSPS) is 8.31. The summed E-state index contributed by atoms with van der Waals surface area (Å²) >= 11 is 0. The highest BCUT2D eigenvalue weighted by Gasteiger charge is 1.91. The average molecular weight is 175 g/mol. The molecule has 0 aromatic carbocycles. The molecule has 0 spiro atoms. The Kier molecular flexibility index (Phi) is 2.77. The van der Waals surface area contributed by atoms with Gasteiger partial charge in [-0.15, -0.1) is 0 Å². The van der Waals surface area contributed by atoms with Crippen LogP contribution in [0.3, 0.4) is 0 Å². The van der Waals surface area contributed by atoms with E-state index in [0.717, 1.165) is 0 Å². The molecule has 1 rings (SSSR count). The van der Waals surface area contributed by atoms with E-state index in [4.69, 9.17) is 5.11 Å². The summed E-state index contributed by atoms with van der Waals surface area (Å²) in [4.78, 5) is 23.9. The third-order valence-electron chi connectivity index (χ3n) is 1.22. The minimum Gasteiger partial charge on any atom is -0.472 e. The monoisotopic (exact) mass is 175 g/mol. The summed E-state index contributed by atoms with van der Waals surface area (Å²) in [5.74, 6) is 3.11. The molecule has 0 aliphatic rings. The molecule has 1 N–H and O–H groups in total. The van der Waals surface area contributed by atoms with Gasteiger partial charge in [-0.1, -0.05) is 5.92 Å². The number of carbonyl (C=O) groups is 2. The summed E-state index contributed by atoms with van der Waals surface area (Å²) in [7, 11) is 0. The minimum absolute atomic E-state index is 0.292. The molecule has 0 amide bonds. The van der Waals surface area contributed by atoms with Gasteiger partial charge in [-0.05, 0) is 12.1 Å². The maximum Gasteiger partial charge on any atom is 0.382 e. The van der Waals surface area contributed by atoms with Gasteiger partial charge in [0.1, 0.15) is 5.69 Å². The quantitative estimate of drug-likeness (QED) is 0.493. The highest BCUT2D eigenvalue weighted by molar-refractivity contribution is 5.87. The highest BCUT2D eigenvalue weighted by Crippen LogP contribution is 1.95. The third-order valence-corrected chi connectivity index (χ3v) is 1.22. The van der Waals surface area contributed by atoms with Crippen LogP contribution in [0, 0.1) is 11.8 Å². The largest absolute Gasteiger partial charge is 0.472 e. The number of hydrogen-bond acceptors (Lipinski definition) is 3. The maximum atomic E-state index is 10.2. The molecule has 0 unspecified atom stereocenters. The lowest BCUT2D eigenvalue weighted by Crippen LogP contribution is -1.89. The van der Waals surface area contributed by atoms with E-state index < -0.39 is 5.97 Å². The smallest absolute Gasteiger partial charge is 0.382 e. The molecule has 0 aliphatic carbocycles. The van der Waals surface area contributed by atoms with Gasteiger partial charge in [-0.25, -0.2) is 4.79 Å². The van der Waals surface area contributed by atoms with Gasteiger partial charge in [0.05, 0.1) is 0 Å². The van der Waals surface area contributed by atoms with Crippen molar-refractivity contribution in [2.24, 2.45) is 0 Å². The zero-order chi connectivity index (χ0) is 9.68. The first-order valence-corrected chi connectivity index (χ1v) is 3.38. The summed E-state index contributed by atoms with van der Waals surface area (Å²) in [6, 6.07) is 3.01. The molecule has 0 fully saturated rings. The third kappa shape index (κ3) is 2.75. The molecule has 4 nitrogen and oxygen atoms in total. The molecule has 1 aromatic rings. The van der Waals surface area contributed by atoms with E-state index in [-0.39, 0.29) is 0 Å². The van der Waals surface area contributed by atoms with Crippen molar-refractivity contribution in [1.82, 2.24) is 4.98 Å². The van der Waals surface area contributed by atoms with Crippen molar-refractivity contribution >= 4 is 12.3 Å². The number of aliphatic carboxylic acids is 1. The predicted octanol–water partition coefficient (Wildman–Crippen LogP) is 0.330. The number of carboxylic acids is 1. The summed E-state index contributed by atoms with van der Waals surface area (Å²) in [5, 5.41) is 8.23. The SMILES string of the molecule is O=Cc1ccc(C#CC(=O)O)cn1. The van der Waals surface area contributed by atoms with Gasteiger partial charge in [0.2, 0.25) is 0 Å². The second-order valence-electron chi connectivity index (χ2n) is 2.14. The Hall–Kier alpha value is -2.15. The van der Waals surface area contributed by atoms with Crippen LogP contribution in [0.1, 0.15) is 16.1 Å². The first kappa shape index (κ1) is 8.94. The van der Waals surface area contributed by atoms with E-state index in [2.05, 4.69) is 10.9 Å². The molecule has 4 heteroatoms. The summed E-state index contributed by atoms with van der Waals surface area (Å²) in [5.41, 5.74) is 0.758. The summed E-state index contributed by atoms with van der Waals surface area (Å²) in [6.07, 6.45) is 1.95. The lowest BCUT2D eigenvalue weighted by molar-refractivity contribution is -0.130. The number of nitrogens with zero attached hydrogens (tertiary/aromatic N) is 1. The van der Waals surface area contributed by atoms with Crippen LogP contribution in [0.2, 0.25) is 0 Å². The van der Waals surface area contributed by atoms with Crippen molar-refractivity contribution < 1.29 is 14.7 Å². The van der Waals surface area contributed by atoms with Crippen molar-refractivity contribution in [1.29, 1.82) is 0 Å². The number of rotatable bonds is 1. The zero-order valence-electron chi connectivity index (χ0n) is 6.52. The Balaban J connectivity index is 2.88. The molecule has 13 heavy (non-hydrogen) atoms. The summed E-state index contributed by atoms with van der Waals surface area (Å²) in [6.45, 7) is 0. The van der Waals surface area contributed by atoms with Crippen molar-refractivity contribution in [2.45, 2.75) is 0 Å². The topological polar surface area (TPSA) is 67.3 Å². The molecular weight excluding hydrogens is 170 g/mol. The van der Waals surface area contributed by atoms with Crippen LogP contribution < -0.4 is 0 Å². The standard InChI is InChI=1S/C9H5NO3/c11-6-8-3-1-7(5-10-8)2-4-9(12)13/h1,3,5-6H,(H,12,13). The lowest BCUT2D eigenvalue weighted by Gasteiger charge is -1.88. The molecular formula is C9H5NO3. The van der Waals surface area contributed by atoms with Gasteiger partial charge >= 0.3 is 5.97 Å². The second-order valence-corrected chi connectivity index (χ2v) is 2.14. The Morgan fingerprint density at radius 1 is 1.54 bits per heavy atom. The molecule has 1 heterocycles. The van der Waals surface area contributed by atoms with Crippen LogP contribution in [-0.4, -0.2) is 22.3 Å². The van der Waals surface area contributed by atoms with E-state index >= 15 is 0 Å². The van der Waals surface area contributed by atoms with E-state index in [0.29, 0.717) is 17.5 Å². The molecule has 0 bridgehead atoms. The first-order chi connectivity index (χ1) is 6.22. The minimum atomic E-state index is -1.19. The fourth-order valence-corrected chi connectivity index (χ4v) is 0.675. The van der Waals surface area contributed by atoms with Crippen molar-refractivity contribution in [2.75, 3.05) is 0 Å². The Bertz CT molecular complexity index is 384. The first-order valence-electron chi connectivity index (χ1n) is 3.38. The van der Waals surface area contributed by atoms with Crippen molar-refractivity contribution in [3.8, 4) is 11.8 Å². The molecule has 0 saturated carbocycles. The van der Waals surface area contributed by atoms with Gasteiger partial charge in [-0.3, -0.25) is 9.78 Å². The number of aldehydes is 1. The van der Waals surface area contributed by atoms with Gasteiger partial charge in [0.15, 0.2) is 6.29 Å². The van der Waals surface area contributed by atoms with Gasteiger partial charge in [0, 0.05) is 17.7 Å². The van der Waals surface area contributed by atoms with Crippen LogP contribution in [0.15, 0.2) is 18.3 Å². The molecule has 1 aromatic heterocycles. The van der Waals surface area contributed by atoms with E-state index in [9.17, 15) is 9.59 Å². The number of aromatic nitrogens is 1. The van der Waals surface area contributed by atoms with E-state index in [1.165, 1.54) is 18.3 Å². The predicted molar refractivity (Wildman–Crippen MR) is 44.1 cm³/mol. The summed E-state index contributed by atoms with van der Waals surface area (Å²) < 4.78 is 0. The van der Waals surface area contributed by atoms with Crippen molar-refractivity contribution in [3.05, 3.63) is 29.6 Å². The molecule has 0 saturated heterocycles. The number of hydrogen-bond donors (Lipinski definition) is 1. The maximum absolute atomic E-state index is 10.2. The van der Waals surface area contributed by atoms with Crippen LogP contribution in [0.4, 0.5) is 0 Å². The second kappa shape index (κ2) is 4.02. The van der Waals surface area contributed by atoms with Crippen LogP contribution >= 0.6 is 0 Å². The molecule has 0 atom stereocenters. The molecule has 0 radical (unpaired) electrons. The Morgan fingerprint density at radius 3 is 2.77 bits per heavy atom. The number of carbonyl (C=O) groups excluding carboxylic acids is 1. The van der Waals surface area contributed by atoms with Gasteiger partial charge < -0.3 is 5.11 Å². The lowest BCUT2D eigenvalue weighted by atomic mass is 10.2. The Labute approximate surface area is 74.2 Å². The van der Waals surface area contributed by atoms with E-state index in [1.807, 2.05) is 5.92 Å². The zero-order valence-corrected chi connectivity index (χ0v) is 6.52. The fraction of sp³-hybridized carbons (Fsp3) is 0. The Morgan fingerprint density at radius 2 is 2.31 bits per heavy atom. The van der Waals surface area contributed by atoms with E-state index in [1.54, 1.807) is 0 Å². The highest BCUT2D eigenvalue weighted by atomic mass is 16.4. The van der Waals surface area contributed by atoms with Crippen LogP contribution in [0.5, 0.6) is 0 Å². The fourth-order valence-electron chi connectivity index (χ4n) is 0.675. The van der Waals surface area contributed by atoms with Crippen LogP contribution in [-0.2, 0) is 4.79 Å². The molecule has 0 aliphatic heterocycles. The number of carboxylic acid groups (broad SMARTS) is 1. The molecule has 64 valence electrons. The van der Waals surface area contributed by atoms with Gasteiger partial charge in [0.25, 0.3) is 0 Å². The average Bonchev–Trinajstić information content (AvgIpc) is 2.15. The number of pyridine rings is 1.